The summed E-state index contributed by atoms with van der Waals surface area (Å²) in [5.74, 6) is 0.907. The van der Waals surface area contributed by atoms with Crippen molar-refractivity contribution >= 4 is 21.4 Å². The average molecular weight is 330 g/mol. The predicted molar refractivity (Wildman–Crippen MR) is 104 cm³/mol. The summed E-state index contributed by atoms with van der Waals surface area (Å²) in [4.78, 5) is 1.28. The second-order valence-corrected chi connectivity index (χ2v) is 7.05. The molecule has 0 amide bonds. The molecule has 0 saturated heterocycles. The number of benzene rings is 3. The zero-order valence-corrected chi connectivity index (χ0v) is 14.6. The minimum Gasteiger partial charge on any atom is -0.497 e. The first-order chi connectivity index (χ1) is 11.7. The molecule has 1 heterocycles. The van der Waals surface area contributed by atoms with Gasteiger partial charge in [0, 0.05) is 9.58 Å². The van der Waals surface area contributed by atoms with Crippen LogP contribution in [0.4, 0.5) is 0 Å². The fourth-order valence-corrected chi connectivity index (χ4v) is 4.04. The molecule has 0 atom stereocenters. The Morgan fingerprint density at radius 2 is 1.50 bits per heavy atom. The van der Waals surface area contributed by atoms with Crippen LogP contribution in [0.3, 0.4) is 0 Å². The minimum absolute atomic E-state index is 0.907. The summed E-state index contributed by atoms with van der Waals surface area (Å²) < 4.78 is 6.59. The Bertz CT molecular complexity index is 1010. The molecule has 3 aromatic carbocycles. The quantitative estimate of drug-likeness (QED) is 0.414. The normalized spacial score (nSPS) is 10.9. The first kappa shape index (κ1) is 15.0. The number of rotatable bonds is 3. The van der Waals surface area contributed by atoms with Crippen LogP contribution in [0, 0.1) is 6.92 Å². The Kier molecular flexibility index (Phi) is 3.83. The Labute approximate surface area is 146 Å². The molecule has 118 valence electrons. The van der Waals surface area contributed by atoms with Crippen molar-refractivity contribution in [1.82, 2.24) is 0 Å². The van der Waals surface area contributed by atoms with Gasteiger partial charge < -0.3 is 4.74 Å². The van der Waals surface area contributed by atoms with Crippen LogP contribution in [0.25, 0.3) is 31.7 Å². The highest BCUT2D eigenvalue weighted by Crippen LogP contribution is 2.36. The molecule has 1 aromatic heterocycles. The summed E-state index contributed by atoms with van der Waals surface area (Å²) in [5, 5.41) is 1.26. The van der Waals surface area contributed by atoms with E-state index in [0.29, 0.717) is 0 Å². The Morgan fingerprint density at radius 3 is 2.29 bits per heavy atom. The van der Waals surface area contributed by atoms with Crippen LogP contribution in [0.5, 0.6) is 5.75 Å². The zero-order chi connectivity index (χ0) is 16.5. The number of hydrogen-bond acceptors (Lipinski definition) is 2. The van der Waals surface area contributed by atoms with Gasteiger partial charge in [-0.3, -0.25) is 0 Å². The Balaban J connectivity index is 1.78. The highest BCUT2D eigenvalue weighted by molar-refractivity contribution is 7.22. The SMILES string of the molecule is COc1ccc2cc(-c3cccc(-c4cccc(C)c4)c3)sc2c1. The van der Waals surface area contributed by atoms with Crippen molar-refractivity contribution in [2.75, 3.05) is 7.11 Å². The van der Waals surface area contributed by atoms with Crippen molar-refractivity contribution in [3.05, 3.63) is 78.4 Å². The van der Waals surface area contributed by atoms with Crippen molar-refractivity contribution < 1.29 is 4.74 Å². The summed E-state index contributed by atoms with van der Waals surface area (Å²) in [5.41, 5.74) is 5.06. The highest BCUT2D eigenvalue weighted by Gasteiger charge is 2.07. The van der Waals surface area contributed by atoms with E-state index in [-0.39, 0.29) is 0 Å². The fraction of sp³-hybridized carbons (Fsp3) is 0.0909. The topological polar surface area (TPSA) is 9.23 Å². The third kappa shape index (κ3) is 2.81. The van der Waals surface area contributed by atoms with Crippen molar-refractivity contribution in [3.63, 3.8) is 0 Å². The maximum atomic E-state index is 5.33. The Morgan fingerprint density at radius 1 is 0.750 bits per heavy atom. The van der Waals surface area contributed by atoms with Crippen molar-refractivity contribution in [3.8, 4) is 27.3 Å². The van der Waals surface area contributed by atoms with Crippen molar-refractivity contribution in [2.45, 2.75) is 6.92 Å². The summed E-state index contributed by atoms with van der Waals surface area (Å²) in [7, 11) is 1.71. The molecule has 0 saturated carbocycles. The summed E-state index contributed by atoms with van der Waals surface area (Å²) in [6.45, 7) is 2.13. The van der Waals surface area contributed by atoms with E-state index in [1.54, 1.807) is 18.4 Å². The molecule has 4 aromatic rings. The molecule has 1 nitrogen and oxygen atoms in total. The summed E-state index contributed by atoms with van der Waals surface area (Å²) in [6.07, 6.45) is 0. The van der Waals surface area contributed by atoms with Gasteiger partial charge in [-0.25, -0.2) is 0 Å². The monoisotopic (exact) mass is 330 g/mol. The van der Waals surface area contributed by atoms with E-state index in [4.69, 9.17) is 4.74 Å². The first-order valence-electron chi connectivity index (χ1n) is 7.98. The van der Waals surface area contributed by atoms with E-state index in [1.807, 2.05) is 6.07 Å². The summed E-state index contributed by atoms with van der Waals surface area (Å²) >= 11 is 1.81. The number of fused-ring (bicyclic) bond motifs is 1. The van der Waals surface area contributed by atoms with Gasteiger partial charge in [-0.05, 0) is 59.3 Å². The molecule has 24 heavy (non-hydrogen) atoms. The van der Waals surface area contributed by atoms with Gasteiger partial charge in [0.05, 0.1) is 7.11 Å². The standard InChI is InChI=1S/C22H18OS/c1-15-5-3-6-16(11-15)17-7-4-8-18(12-17)21-13-19-9-10-20(23-2)14-22(19)24-21/h3-14H,1-2H3. The van der Waals surface area contributed by atoms with E-state index in [1.165, 1.54) is 37.2 Å². The van der Waals surface area contributed by atoms with Crippen LogP contribution in [0.2, 0.25) is 0 Å². The predicted octanol–water partition coefficient (Wildman–Crippen LogP) is 6.55. The number of methoxy groups -OCH3 is 1. The number of aryl methyl sites for hydroxylation is 1. The van der Waals surface area contributed by atoms with Crippen LogP contribution < -0.4 is 4.74 Å². The van der Waals surface area contributed by atoms with Gasteiger partial charge in [-0.1, -0.05) is 48.0 Å². The molecule has 0 aliphatic carbocycles. The Hall–Kier alpha value is -2.58. The molecule has 0 bridgehead atoms. The fourth-order valence-electron chi connectivity index (χ4n) is 2.96. The smallest absolute Gasteiger partial charge is 0.120 e. The van der Waals surface area contributed by atoms with Crippen LogP contribution >= 0.6 is 11.3 Å². The van der Waals surface area contributed by atoms with Crippen LogP contribution in [-0.4, -0.2) is 7.11 Å². The molecular weight excluding hydrogens is 312 g/mol. The zero-order valence-electron chi connectivity index (χ0n) is 13.7. The molecule has 0 N–H and O–H groups in total. The molecular formula is C22H18OS. The molecule has 0 fully saturated rings. The highest BCUT2D eigenvalue weighted by atomic mass is 32.1. The largest absolute Gasteiger partial charge is 0.497 e. The third-order valence-corrected chi connectivity index (χ3v) is 5.37. The lowest BCUT2D eigenvalue weighted by Gasteiger charge is -2.05. The van der Waals surface area contributed by atoms with Gasteiger partial charge in [-0.15, -0.1) is 11.3 Å². The van der Waals surface area contributed by atoms with Gasteiger partial charge in [0.15, 0.2) is 0 Å². The van der Waals surface area contributed by atoms with Gasteiger partial charge in [-0.2, -0.15) is 0 Å². The third-order valence-electron chi connectivity index (χ3n) is 4.23. The van der Waals surface area contributed by atoms with Gasteiger partial charge in [0.2, 0.25) is 0 Å². The van der Waals surface area contributed by atoms with Crippen molar-refractivity contribution in [1.29, 1.82) is 0 Å². The van der Waals surface area contributed by atoms with E-state index in [0.717, 1.165) is 5.75 Å². The van der Waals surface area contributed by atoms with Crippen LogP contribution in [0.15, 0.2) is 72.8 Å². The lowest BCUT2D eigenvalue weighted by atomic mass is 10.0. The van der Waals surface area contributed by atoms with Crippen molar-refractivity contribution in [2.24, 2.45) is 0 Å². The van der Waals surface area contributed by atoms with Crippen LogP contribution in [0.1, 0.15) is 5.56 Å². The molecule has 0 spiro atoms. The van der Waals surface area contributed by atoms with Gasteiger partial charge in [0.1, 0.15) is 5.75 Å². The average Bonchev–Trinajstić information content (AvgIpc) is 3.05. The lowest BCUT2D eigenvalue weighted by Crippen LogP contribution is -1.80. The lowest BCUT2D eigenvalue weighted by molar-refractivity contribution is 0.415. The number of hydrogen-bond donors (Lipinski definition) is 0. The summed E-state index contributed by atoms with van der Waals surface area (Å²) in [6, 6.07) is 25.9. The first-order valence-corrected chi connectivity index (χ1v) is 8.80. The molecule has 0 unspecified atom stereocenters. The molecule has 4 rings (SSSR count). The molecule has 0 radical (unpaired) electrons. The maximum Gasteiger partial charge on any atom is 0.120 e. The maximum absolute atomic E-state index is 5.33. The van der Waals surface area contributed by atoms with Crippen LogP contribution in [-0.2, 0) is 0 Å². The van der Waals surface area contributed by atoms with Gasteiger partial charge >= 0.3 is 0 Å². The number of thiophene rings is 1. The second-order valence-electron chi connectivity index (χ2n) is 5.96. The number of ether oxygens (including phenoxy) is 1. The van der Waals surface area contributed by atoms with E-state index < -0.39 is 0 Å². The van der Waals surface area contributed by atoms with E-state index in [9.17, 15) is 0 Å². The molecule has 2 heteroatoms. The molecule has 0 aliphatic heterocycles. The van der Waals surface area contributed by atoms with Gasteiger partial charge in [0.25, 0.3) is 0 Å². The second kappa shape index (κ2) is 6.14. The minimum atomic E-state index is 0.907. The van der Waals surface area contributed by atoms with E-state index in [2.05, 4.69) is 73.7 Å². The molecule has 0 aliphatic rings. The van der Waals surface area contributed by atoms with E-state index >= 15 is 0 Å².